The monoisotopic (exact) mass is 316 g/mol. The molecule has 0 saturated carbocycles. The minimum absolute atomic E-state index is 0.110. The zero-order valence-electron chi connectivity index (χ0n) is 11.9. The van der Waals surface area contributed by atoms with Crippen LogP contribution in [-0.2, 0) is 10.0 Å². The van der Waals surface area contributed by atoms with Gasteiger partial charge in [-0.2, -0.15) is 4.31 Å². The number of anilines is 1. The summed E-state index contributed by atoms with van der Waals surface area (Å²) in [5, 5.41) is 0.225. The van der Waals surface area contributed by atoms with Crippen molar-refractivity contribution < 1.29 is 8.42 Å². The fourth-order valence-corrected chi connectivity index (χ4v) is 4.48. The first kappa shape index (κ1) is 15.6. The van der Waals surface area contributed by atoms with Crippen LogP contribution < -0.4 is 5.73 Å². The second-order valence-electron chi connectivity index (χ2n) is 6.11. The summed E-state index contributed by atoms with van der Waals surface area (Å²) < 4.78 is 27.0. The van der Waals surface area contributed by atoms with Gasteiger partial charge in [-0.3, -0.25) is 0 Å². The molecule has 112 valence electrons. The standard InChI is InChI=1S/C14H21ClN2O2S/c1-14(2)6-3-8-17(9-7-14)20(18,19)13-10-11(16)4-5-12(13)15/h4-5,10H,3,6-9,16H2,1-2H3. The summed E-state index contributed by atoms with van der Waals surface area (Å²) >= 11 is 6.04. The van der Waals surface area contributed by atoms with Gasteiger partial charge in [0.1, 0.15) is 4.90 Å². The first-order valence-electron chi connectivity index (χ1n) is 6.78. The number of sulfonamides is 1. The molecule has 1 fully saturated rings. The average molecular weight is 317 g/mol. The molecule has 0 amide bonds. The molecule has 2 rings (SSSR count). The lowest BCUT2D eigenvalue weighted by atomic mass is 9.85. The van der Waals surface area contributed by atoms with Crippen molar-refractivity contribution in [2.24, 2.45) is 5.41 Å². The second kappa shape index (κ2) is 5.54. The van der Waals surface area contributed by atoms with Gasteiger partial charge in [0.2, 0.25) is 10.0 Å². The van der Waals surface area contributed by atoms with Gasteiger partial charge < -0.3 is 5.73 Å². The molecule has 0 spiro atoms. The van der Waals surface area contributed by atoms with Gasteiger partial charge >= 0.3 is 0 Å². The van der Waals surface area contributed by atoms with Crippen LogP contribution in [0.4, 0.5) is 5.69 Å². The number of benzene rings is 1. The van der Waals surface area contributed by atoms with E-state index in [-0.39, 0.29) is 15.3 Å². The Morgan fingerprint density at radius 3 is 2.65 bits per heavy atom. The van der Waals surface area contributed by atoms with Crippen LogP contribution in [0.1, 0.15) is 33.1 Å². The van der Waals surface area contributed by atoms with Crippen LogP contribution in [0.15, 0.2) is 23.1 Å². The molecule has 0 aliphatic carbocycles. The summed E-state index contributed by atoms with van der Waals surface area (Å²) in [7, 11) is -3.57. The topological polar surface area (TPSA) is 63.4 Å². The van der Waals surface area contributed by atoms with Crippen LogP contribution in [0, 0.1) is 5.41 Å². The van der Waals surface area contributed by atoms with E-state index >= 15 is 0 Å². The maximum Gasteiger partial charge on any atom is 0.244 e. The van der Waals surface area contributed by atoms with Crippen molar-refractivity contribution in [3.05, 3.63) is 23.2 Å². The quantitative estimate of drug-likeness (QED) is 0.853. The molecule has 1 heterocycles. The minimum atomic E-state index is -3.57. The molecule has 1 aromatic carbocycles. The number of hydrogen-bond acceptors (Lipinski definition) is 3. The predicted octanol–water partition coefficient (Wildman–Crippen LogP) is 3.12. The SMILES string of the molecule is CC1(C)CCCN(S(=O)(=O)c2cc(N)ccc2Cl)CC1. The Kier molecular flexibility index (Phi) is 4.33. The highest BCUT2D eigenvalue weighted by Crippen LogP contribution is 2.33. The Hall–Kier alpha value is -0.780. The van der Waals surface area contributed by atoms with E-state index < -0.39 is 10.0 Å². The van der Waals surface area contributed by atoms with Crippen LogP contribution in [0.2, 0.25) is 5.02 Å². The summed E-state index contributed by atoms with van der Waals surface area (Å²) in [4.78, 5) is 0.110. The van der Waals surface area contributed by atoms with E-state index in [0.717, 1.165) is 19.3 Å². The molecule has 1 aliphatic heterocycles. The largest absolute Gasteiger partial charge is 0.399 e. The van der Waals surface area contributed by atoms with Crippen LogP contribution in [0.3, 0.4) is 0 Å². The fraction of sp³-hybridized carbons (Fsp3) is 0.571. The van der Waals surface area contributed by atoms with Gasteiger partial charge in [0.15, 0.2) is 0 Å². The van der Waals surface area contributed by atoms with Gasteiger partial charge in [0.05, 0.1) is 5.02 Å². The molecule has 0 unspecified atom stereocenters. The Labute approximate surface area is 126 Å². The Morgan fingerprint density at radius 2 is 1.95 bits per heavy atom. The number of nitrogens with two attached hydrogens (primary N) is 1. The van der Waals surface area contributed by atoms with Crippen molar-refractivity contribution in [3.8, 4) is 0 Å². The third-order valence-electron chi connectivity index (χ3n) is 3.87. The zero-order chi connectivity index (χ0) is 15.0. The molecule has 4 nitrogen and oxygen atoms in total. The van der Waals surface area contributed by atoms with E-state index in [0.29, 0.717) is 18.8 Å². The van der Waals surface area contributed by atoms with Crippen molar-refractivity contribution in [2.75, 3.05) is 18.8 Å². The van der Waals surface area contributed by atoms with Crippen molar-refractivity contribution in [3.63, 3.8) is 0 Å². The number of rotatable bonds is 2. The number of hydrogen-bond donors (Lipinski definition) is 1. The molecule has 6 heteroatoms. The molecule has 1 aromatic rings. The highest BCUT2D eigenvalue weighted by Gasteiger charge is 2.31. The lowest BCUT2D eigenvalue weighted by molar-refractivity contribution is 0.315. The maximum atomic E-state index is 12.7. The number of halogens is 1. The van der Waals surface area contributed by atoms with Gasteiger partial charge in [0, 0.05) is 18.8 Å². The highest BCUT2D eigenvalue weighted by atomic mass is 35.5. The van der Waals surface area contributed by atoms with Gasteiger partial charge in [0.25, 0.3) is 0 Å². The normalized spacial score (nSPS) is 20.6. The second-order valence-corrected chi connectivity index (χ2v) is 8.43. The lowest BCUT2D eigenvalue weighted by Crippen LogP contribution is -2.32. The van der Waals surface area contributed by atoms with Gasteiger partial charge in [-0.1, -0.05) is 25.4 Å². The molecular formula is C14H21ClN2O2S. The van der Waals surface area contributed by atoms with E-state index in [4.69, 9.17) is 17.3 Å². The molecule has 0 atom stereocenters. The Morgan fingerprint density at radius 1 is 1.25 bits per heavy atom. The molecule has 0 bridgehead atoms. The molecule has 0 radical (unpaired) electrons. The van der Waals surface area contributed by atoms with E-state index in [9.17, 15) is 8.42 Å². The number of nitrogen functional groups attached to an aromatic ring is 1. The molecule has 1 aliphatic rings. The van der Waals surface area contributed by atoms with Crippen molar-refractivity contribution >= 4 is 27.3 Å². The predicted molar refractivity (Wildman–Crippen MR) is 82.3 cm³/mol. The van der Waals surface area contributed by atoms with Crippen molar-refractivity contribution in [1.29, 1.82) is 0 Å². The first-order valence-corrected chi connectivity index (χ1v) is 8.59. The third kappa shape index (κ3) is 3.27. The van der Waals surface area contributed by atoms with E-state index in [2.05, 4.69) is 13.8 Å². The van der Waals surface area contributed by atoms with Gasteiger partial charge in [-0.25, -0.2) is 8.42 Å². The van der Waals surface area contributed by atoms with E-state index in [1.54, 1.807) is 6.07 Å². The molecule has 0 aromatic heterocycles. The Bertz CT molecular complexity index is 599. The van der Waals surface area contributed by atoms with E-state index in [1.807, 2.05) is 0 Å². The molecule has 1 saturated heterocycles. The Balaban J connectivity index is 2.33. The number of nitrogens with zero attached hydrogens (tertiary/aromatic N) is 1. The average Bonchev–Trinajstić information content (AvgIpc) is 2.53. The summed E-state index contributed by atoms with van der Waals surface area (Å²) in [5.74, 6) is 0. The molecular weight excluding hydrogens is 296 g/mol. The highest BCUT2D eigenvalue weighted by molar-refractivity contribution is 7.89. The smallest absolute Gasteiger partial charge is 0.244 e. The molecule has 2 N–H and O–H groups in total. The molecule has 20 heavy (non-hydrogen) atoms. The van der Waals surface area contributed by atoms with Crippen LogP contribution >= 0.6 is 11.6 Å². The van der Waals surface area contributed by atoms with Crippen LogP contribution in [0.5, 0.6) is 0 Å². The lowest BCUT2D eigenvalue weighted by Gasteiger charge is -2.23. The third-order valence-corrected chi connectivity index (χ3v) is 6.25. The van der Waals surface area contributed by atoms with Crippen LogP contribution in [0.25, 0.3) is 0 Å². The summed E-state index contributed by atoms with van der Waals surface area (Å²) in [5.41, 5.74) is 6.28. The van der Waals surface area contributed by atoms with Gasteiger partial charge in [-0.15, -0.1) is 0 Å². The minimum Gasteiger partial charge on any atom is -0.399 e. The van der Waals surface area contributed by atoms with Crippen LogP contribution in [-0.4, -0.2) is 25.8 Å². The van der Waals surface area contributed by atoms with Gasteiger partial charge in [-0.05, 0) is 42.9 Å². The fourth-order valence-electron chi connectivity index (χ4n) is 2.50. The summed E-state index contributed by atoms with van der Waals surface area (Å²) in [6, 6.07) is 4.58. The van der Waals surface area contributed by atoms with E-state index in [1.165, 1.54) is 16.4 Å². The maximum absolute atomic E-state index is 12.7. The first-order chi connectivity index (χ1) is 9.22. The van der Waals surface area contributed by atoms with Crippen molar-refractivity contribution in [2.45, 2.75) is 38.0 Å². The zero-order valence-corrected chi connectivity index (χ0v) is 13.5. The summed E-state index contributed by atoms with van der Waals surface area (Å²) in [6.07, 6.45) is 2.75. The van der Waals surface area contributed by atoms with Crippen molar-refractivity contribution in [1.82, 2.24) is 4.31 Å². The summed E-state index contributed by atoms with van der Waals surface area (Å²) in [6.45, 7) is 5.42.